The molecule has 0 radical (unpaired) electrons. The van der Waals surface area contributed by atoms with Crippen LogP contribution in [0, 0.1) is 0 Å². The molecule has 0 aliphatic rings. The maximum Gasteiger partial charge on any atom is 0.257 e. The lowest BCUT2D eigenvalue weighted by molar-refractivity contribution is 0.102. The van der Waals surface area contributed by atoms with Crippen LogP contribution in [0.2, 0.25) is 5.02 Å². The lowest BCUT2D eigenvalue weighted by Crippen LogP contribution is -2.13. The molecule has 98 valence electrons. The Labute approximate surface area is 123 Å². The van der Waals surface area contributed by atoms with Gasteiger partial charge in [-0.2, -0.15) is 0 Å². The van der Waals surface area contributed by atoms with Crippen molar-refractivity contribution in [3.63, 3.8) is 0 Å². The molecule has 0 unspecified atom stereocenters. The summed E-state index contributed by atoms with van der Waals surface area (Å²) in [5, 5.41) is 12.5. The van der Waals surface area contributed by atoms with Crippen LogP contribution in [0.25, 0.3) is 0 Å². The summed E-state index contributed by atoms with van der Waals surface area (Å²) >= 11 is 9.20. The van der Waals surface area contributed by atoms with E-state index in [1.165, 1.54) is 18.2 Å². The fraction of sp³-hybridized carbons (Fsp3) is 0. The van der Waals surface area contributed by atoms with E-state index >= 15 is 0 Å². The molecule has 19 heavy (non-hydrogen) atoms. The Morgan fingerprint density at radius 2 is 2.00 bits per heavy atom. The Hall–Kier alpha value is -1.72. The molecule has 0 saturated carbocycles. The molecule has 0 aliphatic heterocycles. The second kappa shape index (κ2) is 5.50. The van der Waals surface area contributed by atoms with Crippen LogP contribution in [0.5, 0.6) is 5.75 Å². The van der Waals surface area contributed by atoms with E-state index in [2.05, 4.69) is 21.2 Å². The average Bonchev–Trinajstić information content (AvgIpc) is 2.36. The van der Waals surface area contributed by atoms with E-state index in [9.17, 15) is 9.90 Å². The Bertz CT molecular complexity index is 647. The quantitative estimate of drug-likeness (QED) is 0.576. The van der Waals surface area contributed by atoms with E-state index < -0.39 is 5.91 Å². The molecule has 0 aromatic heterocycles. The van der Waals surface area contributed by atoms with Crippen molar-refractivity contribution in [3.05, 3.63) is 51.5 Å². The van der Waals surface area contributed by atoms with Gasteiger partial charge in [0.05, 0.1) is 10.6 Å². The number of nitrogen functional groups attached to an aromatic ring is 1. The van der Waals surface area contributed by atoms with Gasteiger partial charge in [0, 0.05) is 15.8 Å². The van der Waals surface area contributed by atoms with Gasteiger partial charge in [0.15, 0.2) is 0 Å². The molecule has 0 saturated heterocycles. The summed E-state index contributed by atoms with van der Waals surface area (Å²) in [6, 6.07) is 9.24. The van der Waals surface area contributed by atoms with Crippen molar-refractivity contribution >= 4 is 44.8 Å². The van der Waals surface area contributed by atoms with E-state index in [1.54, 1.807) is 18.2 Å². The van der Waals surface area contributed by atoms with Crippen LogP contribution in [0.15, 0.2) is 40.9 Å². The average molecular weight is 342 g/mol. The lowest BCUT2D eigenvalue weighted by atomic mass is 10.1. The van der Waals surface area contributed by atoms with Gasteiger partial charge in [0.2, 0.25) is 0 Å². The zero-order chi connectivity index (χ0) is 14.0. The Morgan fingerprint density at radius 1 is 1.26 bits per heavy atom. The first-order valence-corrected chi connectivity index (χ1v) is 6.49. The molecule has 2 aromatic carbocycles. The third kappa shape index (κ3) is 3.19. The van der Waals surface area contributed by atoms with Gasteiger partial charge in [-0.15, -0.1) is 0 Å². The van der Waals surface area contributed by atoms with Gasteiger partial charge in [-0.1, -0.05) is 11.6 Å². The molecule has 0 spiro atoms. The molecule has 0 aliphatic carbocycles. The number of aromatic hydroxyl groups is 1. The summed E-state index contributed by atoms with van der Waals surface area (Å²) in [6.45, 7) is 0. The molecule has 4 N–H and O–H groups in total. The minimum Gasteiger partial charge on any atom is -0.508 e. The van der Waals surface area contributed by atoms with Crippen LogP contribution < -0.4 is 11.1 Å². The third-order valence-corrected chi connectivity index (χ3v) is 3.69. The number of phenolic OH excluding ortho intramolecular Hbond substituents is 1. The highest BCUT2D eigenvalue weighted by molar-refractivity contribution is 9.10. The Morgan fingerprint density at radius 3 is 2.68 bits per heavy atom. The molecule has 0 heterocycles. The van der Waals surface area contributed by atoms with Crippen molar-refractivity contribution in [2.24, 2.45) is 0 Å². The lowest BCUT2D eigenvalue weighted by Gasteiger charge is -2.08. The third-order valence-electron chi connectivity index (χ3n) is 2.46. The number of hydrogen-bond acceptors (Lipinski definition) is 3. The molecule has 2 aromatic rings. The topological polar surface area (TPSA) is 75.3 Å². The number of nitrogens with one attached hydrogen (secondary N) is 1. The van der Waals surface area contributed by atoms with Crippen LogP contribution in [0.4, 0.5) is 11.4 Å². The molecule has 1 amide bonds. The predicted octanol–water partition coefficient (Wildman–Crippen LogP) is 3.64. The molecule has 2 rings (SSSR count). The first kappa shape index (κ1) is 13.7. The molecular weight excluding hydrogens is 332 g/mol. The zero-order valence-corrected chi connectivity index (χ0v) is 12.0. The summed E-state index contributed by atoms with van der Waals surface area (Å²) in [4.78, 5) is 12.0. The van der Waals surface area contributed by atoms with E-state index in [1.807, 2.05) is 0 Å². The van der Waals surface area contributed by atoms with Crippen molar-refractivity contribution in [2.75, 3.05) is 11.1 Å². The normalized spacial score (nSPS) is 10.2. The highest BCUT2D eigenvalue weighted by Gasteiger charge is 2.11. The predicted molar refractivity (Wildman–Crippen MR) is 79.6 cm³/mol. The van der Waals surface area contributed by atoms with Crippen molar-refractivity contribution in [1.29, 1.82) is 0 Å². The number of hydrogen-bond donors (Lipinski definition) is 3. The fourth-order valence-corrected chi connectivity index (χ4v) is 1.94. The smallest absolute Gasteiger partial charge is 0.257 e. The summed E-state index contributed by atoms with van der Waals surface area (Å²) in [7, 11) is 0. The first-order valence-electron chi connectivity index (χ1n) is 5.32. The van der Waals surface area contributed by atoms with Crippen molar-refractivity contribution in [1.82, 2.24) is 0 Å². The monoisotopic (exact) mass is 340 g/mol. The second-order valence-electron chi connectivity index (χ2n) is 3.85. The van der Waals surface area contributed by atoms with Crippen LogP contribution >= 0.6 is 27.5 Å². The standard InChI is InChI=1S/C13H10BrClN2O2/c14-10-3-1-7(5-11(10)15)17-13(19)9-6-8(18)2-4-12(9)16/h1-6,18H,16H2,(H,17,19). The van der Waals surface area contributed by atoms with Crippen molar-refractivity contribution < 1.29 is 9.90 Å². The van der Waals surface area contributed by atoms with Crippen LogP contribution in [-0.4, -0.2) is 11.0 Å². The summed E-state index contributed by atoms with van der Waals surface area (Å²) in [6.07, 6.45) is 0. The number of carbonyl (C=O) groups is 1. The number of nitrogens with two attached hydrogens (primary N) is 1. The number of carbonyl (C=O) groups excluding carboxylic acids is 1. The van der Waals surface area contributed by atoms with Crippen molar-refractivity contribution in [3.8, 4) is 5.75 Å². The summed E-state index contributed by atoms with van der Waals surface area (Å²) in [5.74, 6) is -0.431. The van der Waals surface area contributed by atoms with E-state index in [-0.39, 0.29) is 11.3 Å². The van der Waals surface area contributed by atoms with Gasteiger partial charge in [-0.3, -0.25) is 4.79 Å². The first-order chi connectivity index (χ1) is 8.97. The maximum absolute atomic E-state index is 12.0. The fourth-order valence-electron chi connectivity index (χ4n) is 1.51. The van der Waals surface area contributed by atoms with E-state index in [4.69, 9.17) is 17.3 Å². The highest BCUT2D eigenvalue weighted by atomic mass is 79.9. The number of amides is 1. The molecule has 0 bridgehead atoms. The van der Waals surface area contributed by atoms with Gasteiger partial charge < -0.3 is 16.2 Å². The van der Waals surface area contributed by atoms with Crippen LogP contribution in [-0.2, 0) is 0 Å². The van der Waals surface area contributed by atoms with Crippen LogP contribution in [0.1, 0.15) is 10.4 Å². The minimum absolute atomic E-state index is 0.0202. The molecule has 4 nitrogen and oxygen atoms in total. The number of benzene rings is 2. The molecule has 6 heteroatoms. The van der Waals surface area contributed by atoms with E-state index in [0.29, 0.717) is 16.4 Å². The summed E-state index contributed by atoms with van der Waals surface area (Å²) in [5.41, 5.74) is 6.73. The molecule has 0 atom stereocenters. The number of halogens is 2. The second-order valence-corrected chi connectivity index (χ2v) is 5.12. The van der Waals surface area contributed by atoms with Crippen LogP contribution in [0.3, 0.4) is 0 Å². The van der Waals surface area contributed by atoms with E-state index in [0.717, 1.165) is 4.47 Å². The highest BCUT2D eigenvalue weighted by Crippen LogP contribution is 2.26. The minimum atomic E-state index is -0.410. The van der Waals surface area contributed by atoms with Gasteiger partial charge >= 0.3 is 0 Å². The largest absolute Gasteiger partial charge is 0.508 e. The van der Waals surface area contributed by atoms with Gasteiger partial charge in [-0.05, 0) is 52.3 Å². The van der Waals surface area contributed by atoms with Gasteiger partial charge in [-0.25, -0.2) is 0 Å². The van der Waals surface area contributed by atoms with Gasteiger partial charge in [0.1, 0.15) is 5.75 Å². The summed E-state index contributed by atoms with van der Waals surface area (Å²) < 4.78 is 0.740. The van der Waals surface area contributed by atoms with Gasteiger partial charge in [0.25, 0.3) is 5.91 Å². The maximum atomic E-state index is 12.0. The number of phenols is 1. The number of anilines is 2. The molecular formula is C13H10BrClN2O2. The zero-order valence-electron chi connectivity index (χ0n) is 9.65. The number of rotatable bonds is 2. The SMILES string of the molecule is Nc1ccc(O)cc1C(=O)Nc1ccc(Br)c(Cl)c1. The van der Waals surface area contributed by atoms with Crippen molar-refractivity contribution in [2.45, 2.75) is 0 Å². The Balaban J connectivity index is 2.25. The Kier molecular flexibility index (Phi) is 3.97. The molecule has 0 fully saturated rings.